The monoisotopic (exact) mass is 493 g/mol. The van der Waals surface area contributed by atoms with Gasteiger partial charge in [0.05, 0.1) is 33.5 Å². The Bertz CT molecular complexity index is 1260. The number of benzene rings is 2. The minimum atomic E-state index is -0.645. The molecular formula is C28H31NO7. The van der Waals surface area contributed by atoms with Gasteiger partial charge in [-0.05, 0) is 61.6 Å². The van der Waals surface area contributed by atoms with E-state index in [1.165, 1.54) is 13.2 Å². The van der Waals surface area contributed by atoms with Crippen molar-refractivity contribution in [1.29, 1.82) is 0 Å². The van der Waals surface area contributed by atoms with E-state index in [1.54, 1.807) is 33.3 Å². The number of methoxy groups -OCH3 is 3. The number of phenolic OH excluding ortho intramolecular Hbond substituents is 1. The van der Waals surface area contributed by atoms with Crippen molar-refractivity contribution < 1.29 is 33.6 Å². The van der Waals surface area contributed by atoms with Gasteiger partial charge in [0.2, 0.25) is 0 Å². The Kier molecular flexibility index (Phi) is 7.24. The van der Waals surface area contributed by atoms with Crippen LogP contribution in [0, 0.1) is 0 Å². The smallest absolute Gasteiger partial charge is 0.336 e. The molecule has 1 aliphatic heterocycles. The van der Waals surface area contributed by atoms with Crippen molar-refractivity contribution in [2.24, 2.45) is 0 Å². The molecule has 0 fully saturated rings. The number of aromatic hydroxyl groups is 1. The van der Waals surface area contributed by atoms with Crippen LogP contribution in [0.15, 0.2) is 58.9 Å². The number of dihydropyridines is 1. The van der Waals surface area contributed by atoms with Gasteiger partial charge < -0.3 is 29.4 Å². The van der Waals surface area contributed by atoms with Crippen molar-refractivity contribution in [3.05, 3.63) is 70.1 Å². The molecule has 2 aromatic carbocycles. The van der Waals surface area contributed by atoms with Crippen LogP contribution in [0.2, 0.25) is 0 Å². The van der Waals surface area contributed by atoms with Crippen LogP contribution in [-0.2, 0) is 14.3 Å². The van der Waals surface area contributed by atoms with Gasteiger partial charge in [-0.25, -0.2) is 4.79 Å². The topological polar surface area (TPSA) is 103 Å². The van der Waals surface area contributed by atoms with Gasteiger partial charge in [-0.15, -0.1) is 0 Å². The Labute approximate surface area is 210 Å². The second-order valence-electron chi connectivity index (χ2n) is 8.78. The molecule has 0 unspecified atom stereocenters. The van der Waals surface area contributed by atoms with Crippen molar-refractivity contribution in [3.8, 4) is 23.0 Å². The van der Waals surface area contributed by atoms with Crippen molar-refractivity contribution in [1.82, 2.24) is 5.32 Å². The lowest BCUT2D eigenvalue weighted by Gasteiger charge is -2.36. The third kappa shape index (κ3) is 4.51. The number of ketones is 1. The van der Waals surface area contributed by atoms with Crippen molar-refractivity contribution in [2.75, 3.05) is 27.9 Å². The standard InChI is InChI=1S/C28H31NO7/c1-6-36-28(32)25-15(2)29-19-11-18(16-8-10-22(33-3)24(13-16)35-5)12-21(31)27(19)26(25)17-7-9-20(30)23(14-17)34-4/h7-10,13-14,18,26,29-30H,6,11-12H2,1-5H3/t18-,26-/m0/s1. The number of carbonyl (C=O) groups excluding carboxylic acids is 2. The van der Waals surface area contributed by atoms with Gasteiger partial charge in [-0.2, -0.15) is 0 Å². The number of allylic oxidation sites excluding steroid dienone is 3. The van der Waals surface area contributed by atoms with Gasteiger partial charge in [0.25, 0.3) is 0 Å². The summed E-state index contributed by atoms with van der Waals surface area (Å²) in [6, 6.07) is 10.6. The Morgan fingerprint density at radius 3 is 2.31 bits per heavy atom. The molecular weight excluding hydrogens is 462 g/mol. The van der Waals surface area contributed by atoms with Crippen molar-refractivity contribution in [2.45, 2.75) is 38.5 Å². The Morgan fingerprint density at radius 2 is 1.64 bits per heavy atom. The molecule has 1 aliphatic carbocycles. The summed E-state index contributed by atoms with van der Waals surface area (Å²) in [5.41, 5.74) is 3.95. The molecule has 0 saturated heterocycles. The van der Waals surface area contributed by atoms with Crippen LogP contribution >= 0.6 is 0 Å². The van der Waals surface area contributed by atoms with Crippen LogP contribution in [0.5, 0.6) is 23.0 Å². The molecule has 0 bridgehead atoms. The molecule has 1 heterocycles. The number of phenols is 1. The highest BCUT2D eigenvalue weighted by Gasteiger charge is 2.41. The molecule has 0 spiro atoms. The van der Waals surface area contributed by atoms with Crippen LogP contribution in [0.3, 0.4) is 0 Å². The van der Waals surface area contributed by atoms with Crippen LogP contribution in [0.4, 0.5) is 0 Å². The molecule has 190 valence electrons. The molecule has 0 saturated carbocycles. The minimum Gasteiger partial charge on any atom is -0.504 e. The van der Waals surface area contributed by atoms with Crippen LogP contribution in [0.1, 0.15) is 49.7 Å². The third-order valence-electron chi connectivity index (χ3n) is 6.74. The predicted octanol–water partition coefficient (Wildman–Crippen LogP) is 4.34. The predicted molar refractivity (Wildman–Crippen MR) is 133 cm³/mol. The number of ether oxygens (including phenoxy) is 4. The summed E-state index contributed by atoms with van der Waals surface area (Å²) in [5.74, 6) is 0.207. The lowest BCUT2D eigenvalue weighted by Crippen LogP contribution is -2.36. The van der Waals surface area contributed by atoms with E-state index in [2.05, 4.69) is 5.32 Å². The lowest BCUT2D eigenvalue weighted by atomic mass is 9.71. The van der Waals surface area contributed by atoms with Gasteiger partial charge >= 0.3 is 5.97 Å². The highest BCUT2D eigenvalue weighted by atomic mass is 16.5. The molecule has 2 atom stereocenters. The molecule has 0 radical (unpaired) electrons. The molecule has 2 aliphatic rings. The van der Waals surface area contributed by atoms with Gasteiger partial charge in [-0.3, -0.25) is 4.79 Å². The van der Waals surface area contributed by atoms with Gasteiger partial charge in [-0.1, -0.05) is 12.1 Å². The number of Topliss-reactive ketones (excluding diaryl/α,β-unsaturated/α-hetero) is 1. The average molecular weight is 494 g/mol. The normalized spacial score (nSPS) is 19.4. The fourth-order valence-electron chi connectivity index (χ4n) is 5.07. The summed E-state index contributed by atoms with van der Waals surface area (Å²) in [5, 5.41) is 13.5. The van der Waals surface area contributed by atoms with Crippen molar-refractivity contribution in [3.63, 3.8) is 0 Å². The minimum absolute atomic E-state index is 0.0220. The number of nitrogens with one attached hydrogen (secondary N) is 1. The zero-order valence-electron chi connectivity index (χ0n) is 21.1. The Morgan fingerprint density at radius 1 is 0.972 bits per heavy atom. The first-order valence-corrected chi connectivity index (χ1v) is 11.8. The molecule has 0 amide bonds. The largest absolute Gasteiger partial charge is 0.504 e. The van der Waals surface area contributed by atoms with Crippen LogP contribution in [0.25, 0.3) is 0 Å². The maximum Gasteiger partial charge on any atom is 0.336 e. The van der Waals surface area contributed by atoms with Crippen LogP contribution < -0.4 is 19.5 Å². The number of hydrogen-bond donors (Lipinski definition) is 2. The number of rotatable bonds is 7. The summed E-state index contributed by atoms with van der Waals surface area (Å²) in [4.78, 5) is 26.8. The summed E-state index contributed by atoms with van der Waals surface area (Å²) < 4.78 is 21.5. The van der Waals surface area contributed by atoms with E-state index in [9.17, 15) is 14.7 Å². The summed E-state index contributed by atoms with van der Waals surface area (Å²) >= 11 is 0. The zero-order valence-corrected chi connectivity index (χ0v) is 21.1. The third-order valence-corrected chi connectivity index (χ3v) is 6.74. The Balaban J connectivity index is 1.80. The number of esters is 1. The second-order valence-corrected chi connectivity index (χ2v) is 8.78. The van der Waals surface area contributed by atoms with E-state index in [4.69, 9.17) is 18.9 Å². The first-order valence-electron chi connectivity index (χ1n) is 11.8. The van der Waals surface area contributed by atoms with E-state index in [-0.39, 0.29) is 36.2 Å². The lowest BCUT2D eigenvalue weighted by molar-refractivity contribution is -0.138. The molecule has 36 heavy (non-hydrogen) atoms. The van der Waals surface area contributed by atoms with E-state index in [0.29, 0.717) is 40.3 Å². The molecule has 8 heteroatoms. The zero-order chi connectivity index (χ0) is 26.0. The second kappa shape index (κ2) is 10.4. The fourth-order valence-corrected chi connectivity index (χ4v) is 5.07. The highest BCUT2D eigenvalue weighted by Crippen LogP contribution is 2.47. The van der Waals surface area contributed by atoms with E-state index in [1.807, 2.05) is 25.1 Å². The highest BCUT2D eigenvalue weighted by molar-refractivity contribution is 6.04. The molecule has 2 aromatic rings. The fraction of sp³-hybridized carbons (Fsp3) is 0.357. The molecule has 0 aromatic heterocycles. The van der Waals surface area contributed by atoms with E-state index >= 15 is 0 Å². The SMILES string of the molecule is CCOC(=O)C1=C(C)NC2=C(C(=O)C[C@@H](c3ccc(OC)c(OC)c3)C2)[C@H]1c1ccc(O)c(OC)c1. The average Bonchev–Trinajstić information content (AvgIpc) is 2.87. The summed E-state index contributed by atoms with van der Waals surface area (Å²) in [6.45, 7) is 3.76. The van der Waals surface area contributed by atoms with Crippen LogP contribution in [-0.4, -0.2) is 44.8 Å². The number of carbonyl (C=O) groups is 2. The van der Waals surface area contributed by atoms with E-state index in [0.717, 1.165) is 11.3 Å². The number of hydrogen-bond acceptors (Lipinski definition) is 8. The quantitative estimate of drug-likeness (QED) is 0.549. The first-order chi connectivity index (χ1) is 17.3. The van der Waals surface area contributed by atoms with Gasteiger partial charge in [0.15, 0.2) is 28.8 Å². The molecule has 4 rings (SSSR count). The molecule has 2 N–H and O–H groups in total. The van der Waals surface area contributed by atoms with Gasteiger partial charge in [0.1, 0.15) is 0 Å². The van der Waals surface area contributed by atoms with E-state index < -0.39 is 11.9 Å². The molecule has 8 nitrogen and oxygen atoms in total. The van der Waals surface area contributed by atoms with Gasteiger partial charge in [0, 0.05) is 29.3 Å². The maximum absolute atomic E-state index is 13.7. The first kappa shape index (κ1) is 25.2. The summed E-state index contributed by atoms with van der Waals surface area (Å²) in [6.07, 6.45) is 0.854. The maximum atomic E-state index is 13.7. The summed E-state index contributed by atoms with van der Waals surface area (Å²) in [7, 11) is 4.62. The Hall–Kier alpha value is -3.94. The van der Waals surface area contributed by atoms with Crippen molar-refractivity contribution >= 4 is 11.8 Å².